The van der Waals surface area contributed by atoms with Gasteiger partial charge in [0.2, 0.25) is 0 Å². The van der Waals surface area contributed by atoms with Crippen LogP contribution < -0.4 is 15.4 Å². The number of nitrogens with one attached hydrogen (secondary N) is 3. The number of ether oxygens (including phenoxy) is 1. The Hall–Kier alpha value is -4.36. The summed E-state index contributed by atoms with van der Waals surface area (Å²) in [5.74, 6) is 0.680. The van der Waals surface area contributed by atoms with Crippen LogP contribution in [0.25, 0.3) is 0 Å². The molecule has 2 amide bonds. The lowest BCUT2D eigenvalue weighted by atomic mass is 9.97. The van der Waals surface area contributed by atoms with E-state index in [0.29, 0.717) is 34.2 Å². The number of halogens is 1. The number of anilines is 1. The van der Waals surface area contributed by atoms with Crippen molar-refractivity contribution in [3.63, 3.8) is 0 Å². The first-order valence-corrected chi connectivity index (χ1v) is 11.7. The van der Waals surface area contributed by atoms with E-state index in [0.717, 1.165) is 5.56 Å². The maximum Gasteiger partial charge on any atom is 0.319 e. The third kappa shape index (κ3) is 6.61. The smallest absolute Gasteiger partial charge is 0.319 e. The summed E-state index contributed by atoms with van der Waals surface area (Å²) in [4.78, 5) is 16.9. The summed E-state index contributed by atoms with van der Waals surface area (Å²) in [6, 6.07) is 23.6. The molecule has 0 bridgehead atoms. The molecule has 7 nitrogen and oxygen atoms in total. The monoisotopic (exact) mass is 500 g/mol. The Bertz CT molecular complexity index is 1330. The molecule has 0 aliphatic carbocycles. The number of urea groups is 1. The highest BCUT2D eigenvalue weighted by Crippen LogP contribution is 2.27. The number of pyridine rings is 1. The van der Waals surface area contributed by atoms with Crippen molar-refractivity contribution in [2.45, 2.75) is 19.1 Å². The highest BCUT2D eigenvalue weighted by molar-refractivity contribution is 6.31. The molecule has 0 radical (unpaired) electrons. The molecule has 0 fully saturated rings. The quantitative estimate of drug-likeness (QED) is 0.201. The lowest BCUT2D eigenvalue weighted by molar-refractivity contribution is 0.248. The fraction of sp³-hybridized carbons (Fsp3) is 0.107. The van der Waals surface area contributed by atoms with Crippen LogP contribution in [0, 0.1) is 5.41 Å². The van der Waals surface area contributed by atoms with Crippen LogP contribution in [0.4, 0.5) is 10.5 Å². The van der Waals surface area contributed by atoms with Crippen LogP contribution in [0.5, 0.6) is 11.5 Å². The van der Waals surface area contributed by atoms with Crippen LogP contribution >= 0.6 is 11.6 Å². The van der Waals surface area contributed by atoms with Gasteiger partial charge < -0.3 is 25.9 Å². The molecule has 1 unspecified atom stereocenters. The third-order valence-electron chi connectivity index (χ3n) is 5.50. The fourth-order valence-corrected chi connectivity index (χ4v) is 3.81. The van der Waals surface area contributed by atoms with Gasteiger partial charge in [0.15, 0.2) is 0 Å². The van der Waals surface area contributed by atoms with Crippen LogP contribution in [0.2, 0.25) is 5.02 Å². The molecule has 1 atom stereocenters. The largest absolute Gasteiger partial charge is 0.508 e. The number of rotatable bonds is 9. The van der Waals surface area contributed by atoms with Crippen LogP contribution in [-0.4, -0.2) is 21.8 Å². The Kier molecular flexibility index (Phi) is 8.16. The Labute approximate surface area is 214 Å². The minimum absolute atomic E-state index is 0.0433. The van der Waals surface area contributed by atoms with Gasteiger partial charge in [-0.2, -0.15) is 0 Å². The molecular formula is C28H25ClN4O3. The van der Waals surface area contributed by atoms with Crippen LogP contribution in [0.3, 0.4) is 0 Å². The van der Waals surface area contributed by atoms with Gasteiger partial charge in [0.1, 0.15) is 18.1 Å². The standard InChI is InChI=1S/C28H25ClN4O3/c29-24-9-3-1-6-20(24)18-36-22-13-11-21(12-14-22)32-28(35)33-26(23-8-2-4-10-27(23)34)16-25(30)19-7-5-15-31-17-19/h1-15,17,26,30,34H,16,18H2,(H2,32,33,35). The number of hydrogen-bond donors (Lipinski definition) is 4. The van der Waals surface area contributed by atoms with Gasteiger partial charge in [0.25, 0.3) is 0 Å². The third-order valence-corrected chi connectivity index (χ3v) is 5.87. The molecule has 1 heterocycles. The van der Waals surface area contributed by atoms with Gasteiger partial charge in [0.05, 0.1) is 6.04 Å². The molecule has 8 heteroatoms. The SMILES string of the molecule is N=C(CC(NC(=O)Nc1ccc(OCc2ccccc2Cl)cc1)c1ccccc1O)c1cccnc1. The van der Waals surface area contributed by atoms with Crippen molar-refractivity contribution >= 4 is 29.0 Å². The first-order chi connectivity index (χ1) is 17.5. The Morgan fingerprint density at radius 2 is 1.75 bits per heavy atom. The number of carbonyl (C=O) groups is 1. The maximum atomic E-state index is 12.8. The lowest BCUT2D eigenvalue weighted by Gasteiger charge is -2.21. The number of phenolic OH excluding ortho intramolecular Hbond substituents is 1. The molecule has 3 aromatic carbocycles. The molecule has 4 aromatic rings. The van der Waals surface area contributed by atoms with E-state index in [-0.39, 0.29) is 17.9 Å². The van der Waals surface area contributed by atoms with Crippen molar-refractivity contribution < 1.29 is 14.6 Å². The Balaban J connectivity index is 1.40. The predicted octanol–water partition coefficient (Wildman–Crippen LogP) is 6.34. The number of benzene rings is 3. The van der Waals surface area contributed by atoms with Crippen molar-refractivity contribution in [3.05, 3.63) is 119 Å². The first kappa shape index (κ1) is 24.8. The zero-order valence-corrected chi connectivity index (χ0v) is 20.1. The van der Waals surface area contributed by atoms with Gasteiger partial charge in [-0.05, 0) is 42.5 Å². The fourth-order valence-electron chi connectivity index (χ4n) is 3.62. The highest BCUT2D eigenvalue weighted by Gasteiger charge is 2.20. The number of hydrogen-bond acceptors (Lipinski definition) is 5. The number of aromatic hydroxyl groups is 1. The average molecular weight is 501 g/mol. The first-order valence-electron chi connectivity index (χ1n) is 11.3. The predicted molar refractivity (Wildman–Crippen MR) is 141 cm³/mol. The molecule has 1 aromatic heterocycles. The second kappa shape index (κ2) is 11.9. The summed E-state index contributed by atoms with van der Waals surface area (Å²) in [5.41, 5.74) is 2.90. The zero-order valence-electron chi connectivity index (χ0n) is 19.3. The Morgan fingerprint density at radius 3 is 2.47 bits per heavy atom. The van der Waals surface area contributed by atoms with Crippen LogP contribution in [0.15, 0.2) is 97.3 Å². The second-order valence-corrected chi connectivity index (χ2v) is 8.45. The van der Waals surface area contributed by atoms with Gasteiger partial charge in [-0.1, -0.05) is 54.1 Å². The number of phenols is 1. The molecule has 36 heavy (non-hydrogen) atoms. The summed E-state index contributed by atoms with van der Waals surface area (Å²) in [6.45, 7) is 0.331. The number of aromatic nitrogens is 1. The zero-order chi connectivity index (χ0) is 25.3. The second-order valence-electron chi connectivity index (χ2n) is 8.04. The average Bonchev–Trinajstić information content (AvgIpc) is 2.89. The minimum atomic E-state index is -0.628. The summed E-state index contributed by atoms with van der Waals surface area (Å²) in [6.07, 6.45) is 3.40. The Morgan fingerprint density at radius 1 is 1.00 bits per heavy atom. The number of carbonyl (C=O) groups excluding carboxylic acids is 1. The van der Waals surface area contributed by atoms with Crippen molar-refractivity contribution in [2.75, 3.05) is 5.32 Å². The number of para-hydroxylation sites is 1. The molecular weight excluding hydrogens is 476 g/mol. The van der Waals surface area contributed by atoms with Gasteiger partial charge in [-0.25, -0.2) is 4.79 Å². The number of nitrogens with zero attached hydrogens (tertiary/aromatic N) is 1. The topological polar surface area (TPSA) is 107 Å². The van der Waals surface area contributed by atoms with E-state index in [1.165, 1.54) is 0 Å². The minimum Gasteiger partial charge on any atom is -0.508 e. The summed E-state index contributed by atoms with van der Waals surface area (Å²) in [7, 11) is 0. The van der Waals surface area contributed by atoms with E-state index >= 15 is 0 Å². The lowest BCUT2D eigenvalue weighted by Crippen LogP contribution is -2.34. The molecule has 0 aliphatic rings. The molecule has 0 aliphatic heterocycles. The number of amides is 2. The molecule has 0 saturated carbocycles. The van der Waals surface area contributed by atoms with Gasteiger partial charge in [0, 0.05) is 51.9 Å². The molecule has 0 spiro atoms. The summed E-state index contributed by atoms with van der Waals surface area (Å²) < 4.78 is 5.78. The summed E-state index contributed by atoms with van der Waals surface area (Å²) in [5, 5.41) is 25.1. The summed E-state index contributed by atoms with van der Waals surface area (Å²) >= 11 is 6.17. The van der Waals surface area contributed by atoms with Crippen molar-refractivity contribution in [3.8, 4) is 11.5 Å². The molecule has 0 saturated heterocycles. The van der Waals surface area contributed by atoms with E-state index in [2.05, 4.69) is 15.6 Å². The van der Waals surface area contributed by atoms with Gasteiger partial charge in [-0.3, -0.25) is 4.98 Å². The van der Waals surface area contributed by atoms with Crippen LogP contribution in [0.1, 0.15) is 29.2 Å². The van der Waals surface area contributed by atoms with E-state index < -0.39 is 12.1 Å². The van der Waals surface area contributed by atoms with E-state index in [4.69, 9.17) is 21.7 Å². The van der Waals surface area contributed by atoms with E-state index in [1.807, 2.05) is 24.3 Å². The van der Waals surface area contributed by atoms with E-state index in [9.17, 15) is 9.90 Å². The van der Waals surface area contributed by atoms with Crippen LogP contribution in [-0.2, 0) is 6.61 Å². The van der Waals surface area contributed by atoms with Crippen molar-refractivity contribution in [1.29, 1.82) is 5.41 Å². The van der Waals surface area contributed by atoms with Gasteiger partial charge >= 0.3 is 6.03 Å². The highest BCUT2D eigenvalue weighted by atomic mass is 35.5. The van der Waals surface area contributed by atoms with Gasteiger partial charge in [-0.15, -0.1) is 0 Å². The van der Waals surface area contributed by atoms with E-state index in [1.54, 1.807) is 73.1 Å². The maximum absolute atomic E-state index is 12.8. The molecule has 182 valence electrons. The van der Waals surface area contributed by atoms with Crippen molar-refractivity contribution in [1.82, 2.24) is 10.3 Å². The molecule has 4 N–H and O–H groups in total. The van der Waals surface area contributed by atoms with Crippen molar-refractivity contribution in [2.24, 2.45) is 0 Å². The molecule has 4 rings (SSSR count). The normalized spacial score (nSPS) is 11.4.